The van der Waals surface area contributed by atoms with Crippen molar-refractivity contribution in [1.29, 1.82) is 0 Å². The van der Waals surface area contributed by atoms with Gasteiger partial charge in [0.1, 0.15) is 11.3 Å². The molecule has 1 heterocycles. The minimum atomic E-state index is -1.34. The summed E-state index contributed by atoms with van der Waals surface area (Å²) in [5.74, 6) is -0.704. The molecule has 2 aromatic carbocycles. The van der Waals surface area contributed by atoms with E-state index >= 15 is 0 Å². The summed E-state index contributed by atoms with van der Waals surface area (Å²) >= 11 is 5.80. The van der Waals surface area contributed by atoms with Crippen molar-refractivity contribution in [3.63, 3.8) is 0 Å². The number of fused-ring (bicyclic) bond motifs is 1. The number of halogens is 1. The first-order valence-corrected chi connectivity index (χ1v) is 7.22. The Morgan fingerprint density at radius 1 is 1.22 bits per heavy atom. The molecule has 23 heavy (non-hydrogen) atoms. The molecule has 0 atom stereocenters. The molecule has 6 heteroatoms. The minimum absolute atomic E-state index is 0.0896. The molecule has 0 aliphatic carbocycles. The number of furan rings is 1. The molecular weight excluding hydrogens is 316 g/mol. The molecule has 0 saturated heterocycles. The minimum Gasteiger partial charge on any atom is -0.545 e. The summed E-state index contributed by atoms with van der Waals surface area (Å²) in [4.78, 5) is 11.0. The van der Waals surface area contributed by atoms with Crippen LogP contribution in [-0.2, 0) is 0 Å². The second-order valence-electron chi connectivity index (χ2n) is 4.94. The number of carboxylic acids is 1. The van der Waals surface area contributed by atoms with E-state index in [0.29, 0.717) is 17.2 Å². The van der Waals surface area contributed by atoms with Crippen LogP contribution in [0.15, 0.2) is 58.0 Å². The van der Waals surface area contributed by atoms with Crippen LogP contribution in [0.1, 0.15) is 23.0 Å². The number of rotatable bonds is 4. The molecule has 3 aromatic rings. The number of nitrogens with one attached hydrogen (secondary N) is 1. The number of aromatic carboxylic acids is 1. The van der Waals surface area contributed by atoms with Gasteiger partial charge < -0.3 is 14.3 Å². The van der Waals surface area contributed by atoms with E-state index in [4.69, 9.17) is 16.0 Å². The van der Waals surface area contributed by atoms with Crippen LogP contribution in [0.25, 0.3) is 11.0 Å². The van der Waals surface area contributed by atoms with Gasteiger partial charge in [0.25, 0.3) is 0 Å². The van der Waals surface area contributed by atoms with Gasteiger partial charge in [-0.1, -0.05) is 29.8 Å². The average Bonchev–Trinajstić information content (AvgIpc) is 2.97. The number of carbonyl (C=O) groups is 1. The van der Waals surface area contributed by atoms with Crippen molar-refractivity contribution < 1.29 is 14.3 Å². The molecule has 1 aromatic heterocycles. The highest BCUT2D eigenvalue weighted by Gasteiger charge is 2.07. The predicted molar refractivity (Wildman–Crippen MR) is 87.8 cm³/mol. The molecule has 0 saturated carbocycles. The van der Waals surface area contributed by atoms with Crippen molar-refractivity contribution in [2.24, 2.45) is 5.10 Å². The maximum atomic E-state index is 11.0. The second kappa shape index (κ2) is 6.14. The molecule has 0 radical (unpaired) electrons. The summed E-state index contributed by atoms with van der Waals surface area (Å²) < 4.78 is 5.70. The third-order valence-electron chi connectivity index (χ3n) is 3.32. The molecule has 0 spiro atoms. The molecular formula is C17H12ClN2O3-. The van der Waals surface area contributed by atoms with Gasteiger partial charge in [0.15, 0.2) is 5.76 Å². The highest BCUT2D eigenvalue weighted by Crippen LogP contribution is 2.21. The monoisotopic (exact) mass is 327 g/mol. The lowest BCUT2D eigenvalue weighted by molar-refractivity contribution is -0.255. The third kappa shape index (κ3) is 3.19. The smallest absolute Gasteiger partial charge is 0.151 e. The standard InChI is InChI=1S/C17H13ClN2O3/c1-10(16-8-11-4-2-3-5-15(11)23-16)19-20-12-6-7-14(18)13(9-12)17(21)22/h2-9,20H,1H3,(H,21,22)/p-1/b19-10-. The maximum Gasteiger partial charge on any atom is 0.151 e. The van der Waals surface area contributed by atoms with Gasteiger partial charge in [-0.05, 0) is 37.3 Å². The first-order chi connectivity index (χ1) is 11.0. The van der Waals surface area contributed by atoms with Crippen LogP contribution < -0.4 is 10.5 Å². The Kier molecular flexibility index (Phi) is 4.04. The fourth-order valence-corrected chi connectivity index (χ4v) is 2.31. The van der Waals surface area contributed by atoms with Crippen LogP contribution in [0.4, 0.5) is 5.69 Å². The van der Waals surface area contributed by atoms with Gasteiger partial charge in [-0.2, -0.15) is 5.10 Å². The van der Waals surface area contributed by atoms with E-state index in [2.05, 4.69) is 10.5 Å². The Balaban J connectivity index is 1.84. The Morgan fingerprint density at radius 2 is 2.00 bits per heavy atom. The van der Waals surface area contributed by atoms with Gasteiger partial charge in [0.2, 0.25) is 0 Å². The van der Waals surface area contributed by atoms with Gasteiger partial charge in [-0.25, -0.2) is 0 Å². The number of para-hydroxylation sites is 1. The summed E-state index contributed by atoms with van der Waals surface area (Å²) in [5, 5.41) is 16.3. The Bertz CT molecular complexity index is 882. The number of carboxylic acid groups (broad SMARTS) is 1. The van der Waals surface area contributed by atoms with Crippen LogP contribution in [0.2, 0.25) is 5.02 Å². The Hall–Kier alpha value is -2.79. The van der Waals surface area contributed by atoms with Gasteiger partial charge >= 0.3 is 0 Å². The number of hydrazone groups is 1. The normalized spacial score (nSPS) is 11.7. The molecule has 0 amide bonds. The average molecular weight is 328 g/mol. The quantitative estimate of drug-likeness (QED) is 0.589. The molecule has 0 fully saturated rings. The van der Waals surface area contributed by atoms with Gasteiger partial charge in [0.05, 0.1) is 11.7 Å². The Labute approximate surface area is 137 Å². The number of nitrogens with zero attached hydrogens (tertiary/aromatic N) is 1. The van der Waals surface area contributed by atoms with E-state index in [0.717, 1.165) is 11.0 Å². The second-order valence-corrected chi connectivity index (χ2v) is 5.35. The van der Waals surface area contributed by atoms with Crippen molar-refractivity contribution >= 4 is 39.9 Å². The fourth-order valence-electron chi connectivity index (χ4n) is 2.11. The van der Waals surface area contributed by atoms with Crippen LogP contribution in [-0.4, -0.2) is 11.7 Å². The van der Waals surface area contributed by atoms with E-state index in [1.54, 1.807) is 13.0 Å². The van der Waals surface area contributed by atoms with Gasteiger partial charge in [-0.15, -0.1) is 0 Å². The summed E-state index contributed by atoms with van der Waals surface area (Å²) in [6, 6.07) is 14.0. The van der Waals surface area contributed by atoms with E-state index in [1.165, 1.54) is 12.1 Å². The molecule has 1 N–H and O–H groups in total. The maximum absolute atomic E-state index is 11.0. The van der Waals surface area contributed by atoms with Crippen LogP contribution in [0.5, 0.6) is 0 Å². The van der Waals surface area contributed by atoms with Crippen molar-refractivity contribution in [1.82, 2.24) is 0 Å². The fraction of sp³-hybridized carbons (Fsp3) is 0.0588. The van der Waals surface area contributed by atoms with Crippen LogP contribution >= 0.6 is 11.6 Å². The summed E-state index contributed by atoms with van der Waals surface area (Å²) in [5.41, 5.74) is 4.60. The summed E-state index contributed by atoms with van der Waals surface area (Å²) in [7, 11) is 0. The number of benzene rings is 2. The lowest BCUT2D eigenvalue weighted by Gasteiger charge is -2.08. The summed E-state index contributed by atoms with van der Waals surface area (Å²) in [6.07, 6.45) is 0. The molecule has 5 nitrogen and oxygen atoms in total. The SMILES string of the molecule is C/C(=N/Nc1ccc(Cl)c(C(=O)[O-])c1)c1cc2ccccc2o1. The Morgan fingerprint density at radius 3 is 2.74 bits per heavy atom. The number of anilines is 1. The van der Waals surface area contributed by atoms with Crippen LogP contribution in [0, 0.1) is 0 Å². The van der Waals surface area contributed by atoms with Gasteiger partial charge in [0, 0.05) is 16.0 Å². The topological polar surface area (TPSA) is 77.7 Å². The zero-order valence-electron chi connectivity index (χ0n) is 12.2. The molecule has 116 valence electrons. The van der Waals surface area contributed by atoms with Crippen molar-refractivity contribution in [3.05, 3.63) is 64.9 Å². The highest BCUT2D eigenvalue weighted by atomic mass is 35.5. The number of carbonyl (C=O) groups excluding carboxylic acids is 1. The number of hydrogen-bond acceptors (Lipinski definition) is 5. The zero-order valence-corrected chi connectivity index (χ0v) is 12.9. The van der Waals surface area contributed by atoms with E-state index in [-0.39, 0.29) is 10.6 Å². The molecule has 3 rings (SSSR count). The van der Waals surface area contributed by atoms with E-state index < -0.39 is 5.97 Å². The summed E-state index contributed by atoms with van der Waals surface area (Å²) in [6.45, 7) is 1.79. The van der Waals surface area contributed by atoms with E-state index in [9.17, 15) is 9.90 Å². The predicted octanol–water partition coefficient (Wildman–Crippen LogP) is 3.29. The molecule has 0 aliphatic heterocycles. The lowest BCUT2D eigenvalue weighted by atomic mass is 10.2. The first kappa shape index (κ1) is 15.1. The molecule has 0 bridgehead atoms. The zero-order chi connectivity index (χ0) is 16.4. The first-order valence-electron chi connectivity index (χ1n) is 6.85. The van der Waals surface area contributed by atoms with E-state index in [1.807, 2.05) is 30.3 Å². The van der Waals surface area contributed by atoms with Gasteiger partial charge in [-0.3, -0.25) is 5.43 Å². The third-order valence-corrected chi connectivity index (χ3v) is 3.65. The lowest BCUT2D eigenvalue weighted by Crippen LogP contribution is -2.22. The van der Waals surface area contributed by atoms with Crippen LogP contribution in [0.3, 0.4) is 0 Å². The van der Waals surface area contributed by atoms with Crippen molar-refractivity contribution in [2.75, 3.05) is 5.43 Å². The molecule has 0 unspecified atom stereocenters. The highest BCUT2D eigenvalue weighted by molar-refractivity contribution is 6.33. The molecule has 0 aliphatic rings. The largest absolute Gasteiger partial charge is 0.545 e. The van der Waals surface area contributed by atoms with Crippen molar-refractivity contribution in [3.8, 4) is 0 Å². The van der Waals surface area contributed by atoms with Crippen molar-refractivity contribution in [2.45, 2.75) is 6.92 Å². The number of hydrogen-bond donors (Lipinski definition) is 1.